The number of hydrogen-bond donors (Lipinski definition) is 1. The molecule has 1 atom stereocenters. The molecule has 0 aliphatic heterocycles. The number of thiocarbonyl (C=S) groups is 1. The molecule has 0 aliphatic carbocycles. The summed E-state index contributed by atoms with van der Waals surface area (Å²) in [7, 11) is -0.525. The van der Waals surface area contributed by atoms with Crippen molar-refractivity contribution in [3.63, 3.8) is 0 Å². The van der Waals surface area contributed by atoms with E-state index in [2.05, 4.69) is 33.4 Å². The van der Waals surface area contributed by atoms with Crippen molar-refractivity contribution in [3.05, 3.63) is 0 Å². The molecule has 0 rings (SSSR count). The summed E-state index contributed by atoms with van der Waals surface area (Å²) in [6, 6.07) is 0. The molecule has 0 saturated heterocycles. The van der Waals surface area contributed by atoms with E-state index < -0.39 is 9.45 Å². The van der Waals surface area contributed by atoms with Crippen molar-refractivity contribution in [1.82, 2.24) is 0 Å². The second-order valence-corrected chi connectivity index (χ2v) is 7.31. The third kappa shape index (κ3) is 5.35. The molecule has 0 spiro atoms. The van der Waals surface area contributed by atoms with Crippen molar-refractivity contribution in [2.24, 2.45) is 5.41 Å². The van der Waals surface area contributed by atoms with Gasteiger partial charge in [0.25, 0.3) is 0 Å². The Hall–Kier alpha value is 0.680. The lowest BCUT2D eigenvalue weighted by molar-refractivity contribution is -0.105. The fourth-order valence-electron chi connectivity index (χ4n) is 0.556. The highest BCUT2D eigenvalue weighted by molar-refractivity contribution is 8.44. The highest BCUT2D eigenvalue weighted by Crippen LogP contribution is 2.15. The Kier molecular flexibility index (Phi) is 5.06. The molecule has 0 bridgehead atoms. The molecule has 0 amide bonds. The monoisotopic (exact) mass is 240 g/mol. The number of carbonyl (C=O) groups is 1. The molecule has 0 radical (unpaired) electrons. The van der Waals surface area contributed by atoms with Gasteiger partial charge < -0.3 is 0 Å². The minimum Gasteiger partial charge on any atom is -0.280 e. The molecule has 1 nitrogen and oxygen atoms in total. The van der Waals surface area contributed by atoms with Gasteiger partial charge in [-0.3, -0.25) is 4.79 Å². The van der Waals surface area contributed by atoms with Crippen LogP contribution >= 0.6 is 24.8 Å². The third-order valence-electron chi connectivity index (χ3n) is 0.946. The van der Waals surface area contributed by atoms with Crippen LogP contribution in [0.2, 0.25) is 0 Å². The Bertz CT molecular complexity index is 226. The topological polar surface area (TPSA) is 17.1 Å². The smallest absolute Gasteiger partial charge is 0.233 e. The van der Waals surface area contributed by atoms with Crippen molar-refractivity contribution >= 4 is 54.8 Å². The minimum atomic E-state index is -0.525. The van der Waals surface area contributed by atoms with E-state index in [0.29, 0.717) is 4.20 Å². The zero-order valence-corrected chi connectivity index (χ0v) is 10.6. The summed E-state index contributed by atoms with van der Waals surface area (Å²) in [5.74, 6) is 0.771. The summed E-state index contributed by atoms with van der Waals surface area (Å²) in [4.78, 5) is 10.7. The number of thiol groups is 1. The van der Waals surface area contributed by atoms with E-state index in [0.717, 1.165) is 5.75 Å². The van der Waals surface area contributed by atoms with E-state index in [1.54, 1.807) is 0 Å². The first-order valence-corrected chi connectivity index (χ1v) is 6.57. The van der Waals surface area contributed by atoms with E-state index in [4.69, 9.17) is 23.4 Å². The van der Waals surface area contributed by atoms with Gasteiger partial charge in [-0.1, -0.05) is 55.1 Å². The Labute approximate surface area is 91.3 Å². The quantitative estimate of drug-likeness (QED) is 0.587. The van der Waals surface area contributed by atoms with Crippen molar-refractivity contribution in [2.75, 3.05) is 5.75 Å². The van der Waals surface area contributed by atoms with Crippen LogP contribution in [0.3, 0.4) is 0 Å². The van der Waals surface area contributed by atoms with Gasteiger partial charge in [-0.05, 0) is 16.6 Å². The Balaban J connectivity index is 4.25. The first-order chi connectivity index (χ1) is 5.24. The van der Waals surface area contributed by atoms with Crippen molar-refractivity contribution < 1.29 is 4.79 Å². The van der Waals surface area contributed by atoms with Crippen LogP contribution in [0.25, 0.3) is 0 Å². The number of rotatable bonds is 2. The predicted octanol–water partition coefficient (Wildman–Crippen LogP) is 1.90. The van der Waals surface area contributed by atoms with Crippen molar-refractivity contribution in [2.45, 2.75) is 20.8 Å². The maximum atomic E-state index is 10.7. The van der Waals surface area contributed by atoms with Gasteiger partial charge in [0.15, 0.2) is 0 Å². The minimum absolute atomic E-state index is 0.123. The highest BCUT2D eigenvalue weighted by atomic mass is 32.8. The molecular weight excluding hydrogens is 228 g/mol. The van der Waals surface area contributed by atoms with E-state index in [9.17, 15) is 4.79 Å². The molecule has 0 aliphatic rings. The average molecular weight is 240 g/mol. The normalized spacial score (nSPS) is 14.0. The van der Waals surface area contributed by atoms with Crippen molar-refractivity contribution in [3.8, 4) is 0 Å². The SMILES string of the molecule is CC(C)(C)CS(=S)C(=S)C(=O)S. The molecule has 0 aromatic rings. The van der Waals surface area contributed by atoms with Crippen LogP contribution in [0.15, 0.2) is 0 Å². The summed E-state index contributed by atoms with van der Waals surface area (Å²) in [5, 5.41) is -0.354. The Morgan fingerprint density at radius 2 is 1.92 bits per heavy atom. The fraction of sp³-hybridized carbons (Fsp3) is 0.714. The van der Waals surface area contributed by atoms with Crippen LogP contribution in [0.5, 0.6) is 0 Å². The highest BCUT2D eigenvalue weighted by Gasteiger charge is 2.17. The Morgan fingerprint density at radius 3 is 2.17 bits per heavy atom. The second-order valence-electron chi connectivity index (χ2n) is 3.64. The van der Waals surface area contributed by atoms with Gasteiger partial charge in [-0.25, -0.2) is 0 Å². The molecule has 0 heterocycles. The molecule has 0 saturated carbocycles. The third-order valence-corrected chi connectivity index (χ3v) is 5.16. The zero-order valence-electron chi connectivity index (χ0n) is 7.29. The van der Waals surface area contributed by atoms with Crippen LogP contribution in [0.4, 0.5) is 0 Å². The van der Waals surface area contributed by atoms with Crippen LogP contribution < -0.4 is 0 Å². The van der Waals surface area contributed by atoms with Gasteiger partial charge in [-0.15, -0.1) is 0 Å². The maximum Gasteiger partial charge on any atom is 0.233 e. The van der Waals surface area contributed by atoms with Crippen LogP contribution in [-0.2, 0) is 25.4 Å². The average Bonchev–Trinajstić information content (AvgIpc) is 1.82. The maximum absolute atomic E-state index is 10.7. The fourth-order valence-corrected chi connectivity index (χ4v) is 3.65. The lowest BCUT2D eigenvalue weighted by atomic mass is 10.0. The molecular formula is C7H12OS4. The van der Waals surface area contributed by atoms with E-state index in [-0.39, 0.29) is 10.5 Å². The standard InChI is InChI=1S/C7H12OS4/c1-7(2,3)4-12(11)6(10)5(8)9/h4H2,1-3H3,(H,8,9). The second kappa shape index (κ2) is 4.79. The van der Waals surface area contributed by atoms with Gasteiger partial charge in [-0.2, -0.15) is 0 Å². The van der Waals surface area contributed by atoms with Gasteiger partial charge in [0.2, 0.25) is 5.12 Å². The van der Waals surface area contributed by atoms with Gasteiger partial charge in [0.1, 0.15) is 4.20 Å². The van der Waals surface area contributed by atoms with Gasteiger partial charge in [0, 0.05) is 5.75 Å². The summed E-state index contributed by atoms with van der Waals surface area (Å²) >= 11 is 13.6. The first-order valence-electron chi connectivity index (χ1n) is 3.39. The van der Waals surface area contributed by atoms with Crippen LogP contribution in [0.1, 0.15) is 20.8 Å². The number of hydrogen-bond acceptors (Lipinski definition) is 3. The molecule has 12 heavy (non-hydrogen) atoms. The molecule has 0 aromatic carbocycles. The van der Waals surface area contributed by atoms with Crippen LogP contribution in [0, 0.1) is 5.41 Å². The Morgan fingerprint density at radius 1 is 1.50 bits per heavy atom. The summed E-state index contributed by atoms with van der Waals surface area (Å²) in [6.07, 6.45) is 0. The van der Waals surface area contributed by atoms with E-state index in [1.807, 2.05) is 0 Å². The van der Waals surface area contributed by atoms with Crippen molar-refractivity contribution in [1.29, 1.82) is 0 Å². The van der Waals surface area contributed by atoms with E-state index >= 15 is 0 Å². The zero-order chi connectivity index (χ0) is 9.94. The lowest BCUT2D eigenvalue weighted by Crippen LogP contribution is -2.22. The molecule has 1 unspecified atom stereocenters. The summed E-state index contributed by atoms with van der Waals surface area (Å²) in [5.41, 5.74) is 0.123. The summed E-state index contributed by atoms with van der Waals surface area (Å²) < 4.78 is 0.295. The predicted molar refractivity (Wildman–Crippen MR) is 65.6 cm³/mol. The molecule has 0 fully saturated rings. The molecule has 5 heteroatoms. The van der Waals surface area contributed by atoms with Gasteiger partial charge >= 0.3 is 0 Å². The number of carbonyl (C=O) groups excluding carboxylic acids is 1. The van der Waals surface area contributed by atoms with Crippen LogP contribution in [-0.4, -0.2) is 15.1 Å². The lowest BCUT2D eigenvalue weighted by Gasteiger charge is -2.18. The molecule has 0 N–H and O–H groups in total. The first kappa shape index (κ1) is 12.7. The largest absolute Gasteiger partial charge is 0.280 e. The van der Waals surface area contributed by atoms with E-state index in [1.165, 1.54) is 0 Å². The molecule has 0 aromatic heterocycles. The molecule has 70 valence electrons. The van der Waals surface area contributed by atoms with Gasteiger partial charge in [0.05, 0.1) is 0 Å². The summed E-state index contributed by atoms with van der Waals surface area (Å²) in [6.45, 7) is 6.22.